The molecule has 0 aromatic heterocycles. The van der Waals surface area contributed by atoms with E-state index in [4.69, 9.17) is 6.85 Å². The highest BCUT2D eigenvalue weighted by atomic mass is 14.4. The Hall–Kier alpha value is -5.98. The Morgan fingerprint density at radius 3 is 1.57 bits per heavy atom. The van der Waals surface area contributed by atoms with Gasteiger partial charge in [0.1, 0.15) is 0 Å². The molecule has 0 saturated heterocycles. The Labute approximate surface area is 331 Å². The molecule has 0 amide bonds. The van der Waals surface area contributed by atoms with Gasteiger partial charge < -0.3 is 0 Å². The zero-order valence-electron chi connectivity index (χ0n) is 39.9. The van der Waals surface area contributed by atoms with Gasteiger partial charge in [0.2, 0.25) is 0 Å². The molecule has 0 heteroatoms. The molecule has 0 unspecified atom stereocenters. The fourth-order valence-corrected chi connectivity index (χ4v) is 8.98. The van der Waals surface area contributed by atoms with Crippen molar-refractivity contribution < 1.29 is 12.3 Å². The minimum Gasteiger partial charge on any atom is -0.0622 e. The Balaban J connectivity index is 1.38. The molecule has 0 aliphatic heterocycles. The maximum absolute atomic E-state index is 9.76. The van der Waals surface area contributed by atoms with Gasteiger partial charge in [-0.1, -0.05) is 179 Å². The summed E-state index contributed by atoms with van der Waals surface area (Å²) in [5.41, 5.74) is 6.60. The summed E-state index contributed by atoms with van der Waals surface area (Å²) in [5.74, 6) is 0. The highest BCUT2D eigenvalue weighted by molar-refractivity contribution is 6.25. The van der Waals surface area contributed by atoms with Gasteiger partial charge in [-0.15, -0.1) is 0 Å². The zero-order valence-corrected chi connectivity index (χ0v) is 30.9. The minimum atomic E-state index is -0.483. The molecule has 0 bridgehead atoms. The van der Waals surface area contributed by atoms with Gasteiger partial charge in [-0.05, 0) is 141 Å². The predicted molar refractivity (Wildman–Crippen MR) is 233 cm³/mol. The third-order valence-corrected chi connectivity index (χ3v) is 11.9. The Kier molecular flexibility index (Phi) is 5.54. The topological polar surface area (TPSA) is 0 Å². The van der Waals surface area contributed by atoms with E-state index in [-0.39, 0.29) is 52.6 Å². The van der Waals surface area contributed by atoms with Crippen molar-refractivity contribution in [1.29, 1.82) is 0 Å². The molecule has 260 valence electrons. The number of benzene rings is 9. The Morgan fingerprint density at radius 1 is 0.389 bits per heavy atom. The Bertz CT molecular complexity index is 3430. The summed E-state index contributed by atoms with van der Waals surface area (Å²) in [5, 5.41) is 6.33. The van der Waals surface area contributed by atoms with Crippen LogP contribution in [0.1, 0.15) is 64.0 Å². The van der Waals surface area contributed by atoms with Crippen LogP contribution < -0.4 is 0 Å². The molecule has 1 aliphatic carbocycles. The second kappa shape index (κ2) is 12.3. The number of hydrogen-bond acceptors (Lipinski definition) is 0. The first-order valence-corrected chi connectivity index (χ1v) is 18.7. The first kappa shape index (κ1) is 24.4. The van der Waals surface area contributed by atoms with E-state index in [1.165, 1.54) is 0 Å². The molecule has 0 atom stereocenters. The summed E-state index contributed by atoms with van der Waals surface area (Å²) >= 11 is 0. The minimum absolute atomic E-state index is 0.0513. The van der Waals surface area contributed by atoms with E-state index in [9.17, 15) is 5.48 Å². The summed E-state index contributed by atoms with van der Waals surface area (Å²) in [6.07, 6.45) is 1.77. The van der Waals surface area contributed by atoms with Crippen LogP contribution in [0.2, 0.25) is 0 Å². The lowest BCUT2D eigenvalue weighted by Crippen LogP contribution is -2.34. The fraction of sp³-hybridized carbons (Fsp3) is 0.148. The van der Waals surface area contributed by atoms with E-state index in [1.54, 1.807) is 0 Å². The summed E-state index contributed by atoms with van der Waals surface area (Å²) < 4.78 is 82.2. The molecule has 0 nitrogen and oxygen atoms in total. The van der Waals surface area contributed by atoms with Crippen LogP contribution in [0.15, 0.2) is 170 Å². The van der Waals surface area contributed by atoms with Gasteiger partial charge in [0.25, 0.3) is 0 Å². The maximum Gasteiger partial charge on any atom is 0.0629 e. The summed E-state index contributed by atoms with van der Waals surface area (Å²) in [4.78, 5) is 0. The molecule has 0 fully saturated rings. The van der Waals surface area contributed by atoms with E-state index < -0.39 is 18.1 Å². The van der Waals surface area contributed by atoms with Crippen molar-refractivity contribution in [3.05, 3.63) is 181 Å². The third-order valence-electron chi connectivity index (χ3n) is 11.9. The molecule has 0 saturated carbocycles. The average Bonchev–Trinajstić information content (AvgIpc) is 3.29. The van der Waals surface area contributed by atoms with Gasteiger partial charge >= 0.3 is 0 Å². The smallest absolute Gasteiger partial charge is 0.0622 e. The van der Waals surface area contributed by atoms with Crippen molar-refractivity contribution in [3.63, 3.8) is 0 Å². The number of hydrogen-bond donors (Lipinski definition) is 0. The first-order chi connectivity index (χ1) is 30.0. The maximum atomic E-state index is 9.76. The van der Waals surface area contributed by atoms with Gasteiger partial charge in [-0.3, -0.25) is 0 Å². The van der Waals surface area contributed by atoms with Crippen molar-refractivity contribution in [2.24, 2.45) is 0 Å². The average molecular weight is 702 g/mol. The van der Waals surface area contributed by atoms with Crippen molar-refractivity contribution in [3.8, 4) is 44.5 Å². The lowest BCUT2D eigenvalue weighted by molar-refractivity contribution is 0.332. The van der Waals surface area contributed by atoms with Crippen molar-refractivity contribution in [2.45, 2.75) is 51.4 Å². The summed E-state index contributed by atoms with van der Waals surface area (Å²) in [6, 6.07) is 35.8. The Morgan fingerprint density at radius 2 is 0.907 bits per heavy atom. The molecular weight excluding hydrogens is 649 g/mol. The highest BCUT2D eigenvalue weighted by Crippen LogP contribution is 2.52. The monoisotopic (exact) mass is 701 g/mol. The molecule has 9 aromatic carbocycles. The first-order valence-electron chi connectivity index (χ1n) is 23.2. The van der Waals surface area contributed by atoms with Crippen molar-refractivity contribution in [2.75, 3.05) is 0 Å². The SMILES string of the molecule is [2H]c1c([2H])c([2H])c(-c2cc3c(cc2-c2c4ccccc4c(-c4cccc5c(-c6ccc7ccccc7c6)cccc45)c4c([2H])c([2H])c([2H])c([2H])c24)C(C)(C)CCC3(C)C)c([2H])c1[2H]. The summed E-state index contributed by atoms with van der Waals surface area (Å²) in [7, 11) is 0. The lowest BCUT2D eigenvalue weighted by Gasteiger charge is -2.42. The molecular formula is C54H44. The summed E-state index contributed by atoms with van der Waals surface area (Å²) in [6.45, 7) is 8.76. The van der Waals surface area contributed by atoms with E-state index in [0.717, 1.165) is 67.6 Å². The van der Waals surface area contributed by atoms with Gasteiger partial charge in [0.15, 0.2) is 0 Å². The second-order valence-electron chi connectivity index (χ2n) is 16.0. The van der Waals surface area contributed by atoms with E-state index >= 15 is 0 Å². The van der Waals surface area contributed by atoms with Crippen LogP contribution in [0.3, 0.4) is 0 Å². The molecule has 9 aromatic rings. The molecule has 54 heavy (non-hydrogen) atoms. The van der Waals surface area contributed by atoms with Crippen LogP contribution in [0.4, 0.5) is 0 Å². The van der Waals surface area contributed by atoms with Gasteiger partial charge in [0.05, 0.1) is 12.3 Å². The molecule has 0 radical (unpaired) electrons. The number of rotatable bonds is 4. The molecule has 10 rings (SSSR count). The van der Waals surface area contributed by atoms with Gasteiger partial charge in [-0.25, -0.2) is 0 Å². The van der Waals surface area contributed by atoms with E-state index in [2.05, 4.69) is 82.3 Å². The molecule has 0 spiro atoms. The van der Waals surface area contributed by atoms with Crippen LogP contribution in [-0.2, 0) is 10.8 Å². The van der Waals surface area contributed by atoms with Crippen LogP contribution in [-0.4, -0.2) is 0 Å². The molecule has 1 aliphatic rings. The quantitative estimate of drug-likeness (QED) is 0.160. The van der Waals surface area contributed by atoms with Gasteiger partial charge in [-0.2, -0.15) is 0 Å². The molecule has 0 N–H and O–H groups in total. The van der Waals surface area contributed by atoms with Crippen molar-refractivity contribution >= 4 is 43.1 Å². The van der Waals surface area contributed by atoms with Gasteiger partial charge in [0, 0.05) is 0 Å². The zero-order chi connectivity index (χ0) is 44.4. The number of fused-ring (bicyclic) bond motifs is 5. The highest BCUT2D eigenvalue weighted by Gasteiger charge is 2.38. The third kappa shape index (κ3) is 5.12. The fourth-order valence-electron chi connectivity index (χ4n) is 8.98. The van der Waals surface area contributed by atoms with E-state index in [0.29, 0.717) is 38.4 Å². The van der Waals surface area contributed by atoms with Crippen LogP contribution in [0.5, 0.6) is 0 Å². The normalized spacial score (nSPS) is 17.1. The molecule has 0 heterocycles. The predicted octanol–water partition coefficient (Wildman–Crippen LogP) is 15.3. The van der Waals surface area contributed by atoms with Crippen molar-refractivity contribution in [1.82, 2.24) is 0 Å². The second-order valence-corrected chi connectivity index (χ2v) is 16.0. The standard InChI is InChI=1S/C54H44/c1-53(2)30-31-54(3,4)50-34-48(47(33-49(50)53)36-17-6-5-7-18-36)52-45-22-12-10-20-43(45)51(44-21-11-13-23-46(44)52)42-27-15-25-40-39(24-14-26-41(40)42)38-29-28-35-16-8-9-19-37(35)32-38/h5-29,32-34H,30-31H2,1-4H3/i5D,6D,7D,10D,12D,17D,18D,20D,22D. The van der Waals surface area contributed by atoms with Crippen LogP contribution in [0, 0.1) is 0 Å². The largest absolute Gasteiger partial charge is 0.0629 e. The van der Waals surface area contributed by atoms with Crippen LogP contribution in [0.25, 0.3) is 87.6 Å². The van der Waals surface area contributed by atoms with E-state index in [1.807, 2.05) is 60.7 Å². The lowest BCUT2D eigenvalue weighted by atomic mass is 9.62. The van der Waals surface area contributed by atoms with Crippen LogP contribution >= 0.6 is 0 Å².